The van der Waals surface area contributed by atoms with E-state index in [9.17, 15) is 33.0 Å². The van der Waals surface area contributed by atoms with Crippen molar-refractivity contribution in [3.63, 3.8) is 0 Å². The molecule has 210 valence electrons. The zero-order valence-corrected chi connectivity index (χ0v) is 22.1. The Morgan fingerprint density at radius 1 is 1.05 bits per heavy atom. The van der Waals surface area contributed by atoms with Gasteiger partial charge in [-0.15, -0.1) is 0 Å². The van der Waals surface area contributed by atoms with Crippen LogP contribution in [0.15, 0.2) is 90.1 Å². The third-order valence-corrected chi connectivity index (χ3v) is 7.19. The lowest BCUT2D eigenvalue weighted by molar-refractivity contribution is -0.142. The Labute approximate surface area is 233 Å². The van der Waals surface area contributed by atoms with E-state index in [0.29, 0.717) is 16.8 Å². The highest BCUT2D eigenvalue weighted by atomic mass is 19.4. The second-order valence-electron chi connectivity index (χ2n) is 10.2. The number of fused-ring (bicyclic) bond motifs is 1. The van der Waals surface area contributed by atoms with Crippen LogP contribution in [0.25, 0.3) is 5.57 Å². The molecule has 10 heteroatoms. The molecule has 0 saturated carbocycles. The molecule has 0 aromatic heterocycles. The normalized spacial score (nSPS) is 19.5. The fourth-order valence-electron chi connectivity index (χ4n) is 4.90. The van der Waals surface area contributed by atoms with E-state index in [1.807, 2.05) is 13.8 Å². The number of allylic oxidation sites excluding steroid dienone is 2. The van der Waals surface area contributed by atoms with Crippen LogP contribution in [0, 0.1) is 0 Å². The highest BCUT2D eigenvalue weighted by Gasteiger charge is 2.42. The van der Waals surface area contributed by atoms with Crippen LogP contribution in [-0.2, 0) is 15.8 Å². The van der Waals surface area contributed by atoms with Gasteiger partial charge < -0.3 is 10.2 Å². The third-order valence-electron chi connectivity index (χ3n) is 7.19. The van der Waals surface area contributed by atoms with Crippen molar-refractivity contribution in [1.29, 1.82) is 0 Å². The van der Waals surface area contributed by atoms with Crippen LogP contribution in [0.4, 0.5) is 24.5 Å². The van der Waals surface area contributed by atoms with Crippen molar-refractivity contribution in [2.24, 2.45) is 5.10 Å². The number of alkyl halides is 3. The van der Waals surface area contributed by atoms with Crippen LogP contribution < -0.4 is 10.3 Å². The average Bonchev–Trinajstić information content (AvgIpc) is 3.22. The van der Waals surface area contributed by atoms with Gasteiger partial charge in [-0.05, 0) is 59.5 Å². The number of benzene rings is 3. The number of hydrazone groups is 1. The van der Waals surface area contributed by atoms with Gasteiger partial charge in [-0.1, -0.05) is 56.3 Å². The van der Waals surface area contributed by atoms with Gasteiger partial charge in [0.15, 0.2) is 11.3 Å². The van der Waals surface area contributed by atoms with Gasteiger partial charge in [-0.2, -0.15) is 18.3 Å². The second-order valence-corrected chi connectivity index (χ2v) is 10.2. The molecule has 3 aromatic carbocycles. The number of amides is 1. The van der Waals surface area contributed by atoms with E-state index in [1.54, 1.807) is 48.5 Å². The second kappa shape index (κ2) is 10.3. The molecule has 41 heavy (non-hydrogen) atoms. The van der Waals surface area contributed by atoms with Crippen molar-refractivity contribution >= 4 is 34.5 Å². The monoisotopic (exact) mass is 561 g/mol. The van der Waals surface area contributed by atoms with Crippen LogP contribution in [0.2, 0.25) is 0 Å². The number of rotatable bonds is 6. The number of halogens is 3. The molecular formula is C31H26F3N3O4. The van der Waals surface area contributed by atoms with Gasteiger partial charge in [0, 0.05) is 23.2 Å². The van der Waals surface area contributed by atoms with Crippen molar-refractivity contribution < 1.29 is 33.0 Å². The summed E-state index contributed by atoms with van der Waals surface area (Å²) >= 11 is 0. The van der Waals surface area contributed by atoms with Crippen LogP contribution in [0.3, 0.4) is 0 Å². The Morgan fingerprint density at radius 3 is 2.39 bits per heavy atom. The van der Waals surface area contributed by atoms with Crippen molar-refractivity contribution in [3.05, 3.63) is 107 Å². The minimum Gasteiger partial charge on any atom is -0.507 e. The number of aromatic hydroxyl groups is 1. The molecule has 7 nitrogen and oxygen atoms in total. The van der Waals surface area contributed by atoms with E-state index in [4.69, 9.17) is 0 Å². The van der Waals surface area contributed by atoms with E-state index >= 15 is 0 Å². The molecule has 3 aromatic rings. The van der Waals surface area contributed by atoms with Gasteiger partial charge in [-0.25, -0.2) is 4.79 Å². The molecule has 1 amide bonds. The summed E-state index contributed by atoms with van der Waals surface area (Å²) in [6.07, 6.45) is -0.215. The van der Waals surface area contributed by atoms with Crippen LogP contribution in [0.1, 0.15) is 48.4 Å². The average molecular weight is 562 g/mol. The van der Waals surface area contributed by atoms with Crippen LogP contribution in [-0.4, -0.2) is 33.3 Å². The molecule has 0 radical (unpaired) electrons. The first-order valence-electron chi connectivity index (χ1n) is 12.8. The minimum atomic E-state index is -4.64. The molecule has 1 heterocycles. The van der Waals surface area contributed by atoms with Crippen molar-refractivity contribution in [1.82, 2.24) is 5.43 Å². The highest BCUT2D eigenvalue weighted by Crippen LogP contribution is 2.41. The van der Waals surface area contributed by atoms with Crippen LogP contribution in [0.5, 0.6) is 5.75 Å². The fourth-order valence-corrected chi connectivity index (χ4v) is 4.90. The summed E-state index contributed by atoms with van der Waals surface area (Å²) in [5.74, 6) is -1.82. The summed E-state index contributed by atoms with van der Waals surface area (Å²) in [7, 11) is 0. The molecule has 0 spiro atoms. The Morgan fingerprint density at radius 2 is 1.76 bits per heavy atom. The number of phenolic OH excluding ortho intramolecular Hbond substituents is 1. The zero-order chi connectivity index (χ0) is 29.5. The molecule has 1 aliphatic heterocycles. The lowest BCUT2D eigenvalue weighted by Crippen LogP contribution is -2.49. The summed E-state index contributed by atoms with van der Waals surface area (Å²) in [6, 6.07) is 16.3. The van der Waals surface area contributed by atoms with E-state index in [0.717, 1.165) is 28.7 Å². The number of aliphatic carboxylic acids is 1. The molecule has 1 atom stereocenters. The molecule has 0 saturated heterocycles. The quantitative estimate of drug-likeness (QED) is 0.304. The molecular weight excluding hydrogens is 535 g/mol. The van der Waals surface area contributed by atoms with Gasteiger partial charge >= 0.3 is 12.1 Å². The number of carboxylic acids is 1. The zero-order valence-electron chi connectivity index (χ0n) is 22.1. The first-order chi connectivity index (χ1) is 19.4. The number of carboxylic acid groups (broad SMARTS) is 1. The predicted molar refractivity (Wildman–Crippen MR) is 149 cm³/mol. The van der Waals surface area contributed by atoms with E-state index in [2.05, 4.69) is 10.5 Å². The van der Waals surface area contributed by atoms with Crippen LogP contribution >= 0.6 is 0 Å². The number of hydrogen-bond donors (Lipinski definition) is 3. The molecule has 5 rings (SSSR count). The number of carbonyl (C=O) groups excluding carboxylic acids is 1. The lowest BCUT2D eigenvalue weighted by Gasteiger charge is -2.29. The first-order valence-corrected chi connectivity index (χ1v) is 12.8. The van der Waals surface area contributed by atoms with Gasteiger partial charge in [0.05, 0.1) is 11.3 Å². The molecule has 1 aliphatic carbocycles. The number of para-hydroxylation sites is 1. The number of anilines is 2. The summed E-state index contributed by atoms with van der Waals surface area (Å²) in [5.41, 5.74) is 2.06. The van der Waals surface area contributed by atoms with Crippen molar-refractivity contribution in [2.75, 3.05) is 4.90 Å². The summed E-state index contributed by atoms with van der Waals surface area (Å²) in [5, 5.41) is 24.7. The predicted octanol–water partition coefficient (Wildman–Crippen LogP) is 6.37. The fraction of sp³-hybridized carbons (Fsp3) is 0.194. The molecule has 1 unspecified atom stereocenters. The number of carbonyl (C=O) groups is 2. The van der Waals surface area contributed by atoms with Gasteiger partial charge in [0.1, 0.15) is 5.75 Å². The Hall–Kier alpha value is -4.86. The summed E-state index contributed by atoms with van der Waals surface area (Å²) < 4.78 is 40.8. The van der Waals surface area contributed by atoms with Gasteiger partial charge in [0.2, 0.25) is 0 Å². The number of nitrogens with one attached hydrogen (secondary N) is 1. The maximum Gasteiger partial charge on any atom is 0.416 e. The SMILES string of the molecule is CC(C)c1ccc(N2C(=O)/C(=N\NC3(C(=O)O)C=CC=C(c4ccccc4O)C3)c3ccc(C(F)(F)F)cc32)cc1. The maximum absolute atomic E-state index is 13.7. The van der Waals surface area contributed by atoms with Gasteiger partial charge in [0.25, 0.3) is 5.91 Å². The molecule has 0 fully saturated rings. The lowest BCUT2D eigenvalue weighted by atomic mass is 9.84. The number of nitrogens with zero attached hydrogens (tertiary/aromatic N) is 2. The highest BCUT2D eigenvalue weighted by molar-refractivity contribution is 6.55. The Kier molecular flexibility index (Phi) is 6.94. The molecule has 2 aliphatic rings. The largest absolute Gasteiger partial charge is 0.507 e. The summed E-state index contributed by atoms with van der Waals surface area (Å²) in [4.78, 5) is 27.3. The first kappa shape index (κ1) is 27.7. The van der Waals surface area contributed by atoms with Crippen molar-refractivity contribution in [3.8, 4) is 5.75 Å². The topological polar surface area (TPSA) is 102 Å². The Balaban J connectivity index is 1.55. The van der Waals surface area contributed by atoms with Crippen molar-refractivity contribution in [2.45, 2.75) is 37.9 Å². The molecule has 3 N–H and O–H groups in total. The minimum absolute atomic E-state index is 0.0129. The van der Waals surface area contributed by atoms with E-state index in [1.165, 1.54) is 18.2 Å². The standard InChI is InChI=1S/C31H26F3N3O4/c1-18(2)19-9-12-22(13-10-19)37-25-16-21(31(32,33)34)11-14-24(25)27(28(37)39)35-36-30(29(40)41)15-5-6-20(17-30)23-7-3-4-8-26(23)38/h3-16,18,36,38H,17H2,1-2H3,(H,40,41)/b35-27-. The number of hydrogen-bond acceptors (Lipinski definition) is 5. The maximum atomic E-state index is 13.7. The van der Waals surface area contributed by atoms with E-state index < -0.39 is 29.2 Å². The van der Waals surface area contributed by atoms with E-state index in [-0.39, 0.29) is 35.1 Å². The number of phenols is 1. The third kappa shape index (κ3) is 5.08. The summed E-state index contributed by atoms with van der Waals surface area (Å²) in [6.45, 7) is 3.99. The smallest absolute Gasteiger partial charge is 0.416 e. The molecule has 0 bridgehead atoms. The van der Waals surface area contributed by atoms with Gasteiger partial charge in [-0.3, -0.25) is 15.1 Å². The Bertz CT molecular complexity index is 1620.